The van der Waals surface area contributed by atoms with Crippen LogP contribution in [0.5, 0.6) is 0 Å². The van der Waals surface area contributed by atoms with Crippen molar-refractivity contribution in [2.45, 2.75) is 44.3 Å². The summed E-state index contributed by atoms with van der Waals surface area (Å²) < 4.78 is 37.6. The van der Waals surface area contributed by atoms with Crippen molar-refractivity contribution in [3.8, 4) is 0 Å². The molecular weight excluding hydrogens is 289 g/mol. The van der Waals surface area contributed by atoms with Crippen molar-refractivity contribution in [2.75, 3.05) is 17.3 Å². The topological polar surface area (TPSA) is 16.1 Å². The molecule has 1 saturated carbocycles. The lowest BCUT2D eigenvalue weighted by Gasteiger charge is -2.35. The predicted molar refractivity (Wildman–Crippen MR) is 74.2 cm³/mol. The largest absolute Gasteiger partial charge is 0.417 e. The average Bonchev–Trinajstić information content (AvgIpc) is 2.45. The van der Waals surface area contributed by atoms with Crippen LogP contribution in [0, 0.1) is 0 Å². The first-order valence-corrected chi connectivity index (χ1v) is 7.41. The lowest BCUT2D eigenvalue weighted by Crippen LogP contribution is -2.38. The minimum Gasteiger partial charge on any atom is -0.352 e. The van der Waals surface area contributed by atoms with Gasteiger partial charge in [-0.25, -0.2) is 4.98 Å². The third-order valence-corrected chi connectivity index (χ3v) is 3.88. The first kappa shape index (κ1) is 15.4. The molecule has 1 aromatic heterocycles. The minimum atomic E-state index is -4.34. The Morgan fingerprint density at radius 1 is 1.20 bits per heavy atom. The lowest BCUT2D eigenvalue weighted by molar-refractivity contribution is -0.137. The van der Waals surface area contributed by atoms with Crippen LogP contribution in [0.25, 0.3) is 0 Å². The van der Waals surface area contributed by atoms with Gasteiger partial charge in [0.1, 0.15) is 5.82 Å². The zero-order valence-corrected chi connectivity index (χ0v) is 11.9. The van der Waals surface area contributed by atoms with Gasteiger partial charge in [-0.3, -0.25) is 0 Å². The van der Waals surface area contributed by atoms with Crippen molar-refractivity contribution in [2.24, 2.45) is 0 Å². The van der Waals surface area contributed by atoms with Crippen LogP contribution in [0.4, 0.5) is 19.0 Å². The third-order valence-electron chi connectivity index (χ3n) is 3.71. The molecule has 0 aromatic carbocycles. The van der Waals surface area contributed by atoms with E-state index in [1.165, 1.54) is 12.5 Å². The summed E-state index contributed by atoms with van der Waals surface area (Å²) >= 11 is 5.82. The SMILES string of the molecule is FC(F)(F)c1ccc(N(CCCl)C2CCCCC2)nc1. The second-order valence-electron chi connectivity index (χ2n) is 5.08. The number of hydrogen-bond donors (Lipinski definition) is 0. The number of alkyl halides is 4. The van der Waals surface area contributed by atoms with Gasteiger partial charge in [0.05, 0.1) is 5.56 Å². The van der Waals surface area contributed by atoms with Crippen molar-refractivity contribution >= 4 is 17.4 Å². The molecule has 2 rings (SSSR count). The van der Waals surface area contributed by atoms with Crippen LogP contribution < -0.4 is 4.90 Å². The number of pyridine rings is 1. The highest BCUT2D eigenvalue weighted by atomic mass is 35.5. The van der Waals surface area contributed by atoms with Crippen LogP contribution >= 0.6 is 11.6 Å². The molecular formula is C14H18ClF3N2. The van der Waals surface area contributed by atoms with E-state index in [2.05, 4.69) is 4.98 Å². The van der Waals surface area contributed by atoms with E-state index in [1.54, 1.807) is 0 Å². The summed E-state index contributed by atoms with van der Waals surface area (Å²) in [7, 11) is 0. The molecule has 6 heteroatoms. The second-order valence-corrected chi connectivity index (χ2v) is 5.46. The molecule has 1 heterocycles. The molecule has 1 aliphatic rings. The molecule has 112 valence electrons. The Kier molecular flexibility index (Phi) is 5.13. The highest BCUT2D eigenvalue weighted by Crippen LogP contribution is 2.31. The fraction of sp³-hybridized carbons (Fsp3) is 0.643. The zero-order chi connectivity index (χ0) is 14.6. The van der Waals surface area contributed by atoms with Crippen molar-refractivity contribution in [1.29, 1.82) is 0 Å². The first-order chi connectivity index (χ1) is 9.52. The highest BCUT2D eigenvalue weighted by molar-refractivity contribution is 6.18. The predicted octanol–water partition coefficient (Wildman–Crippen LogP) is 4.48. The smallest absolute Gasteiger partial charge is 0.352 e. The van der Waals surface area contributed by atoms with Gasteiger partial charge in [0.2, 0.25) is 0 Å². The van der Waals surface area contributed by atoms with Crippen LogP contribution in [-0.2, 0) is 6.18 Å². The molecule has 1 aromatic rings. The van der Waals surface area contributed by atoms with E-state index in [-0.39, 0.29) is 0 Å². The van der Waals surface area contributed by atoms with Crippen LogP contribution in [0.15, 0.2) is 18.3 Å². The molecule has 0 bridgehead atoms. The Hall–Kier alpha value is -0.970. The Bertz CT molecular complexity index is 413. The fourth-order valence-corrected chi connectivity index (χ4v) is 2.87. The summed E-state index contributed by atoms with van der Waals surface area (Å²) in [6.07, 6.45) is 2.21. The maximum absolute atomic E-state index is 12.5. The summed E-state index contributed by atoms with van der Waals surface area (Å²) in [5.74, 6) is 1.03. The van der Waals surface area contributed by atoms with E-state index >= 15 is 0 Å². The first-order valence-electron chi connectivity index (χ1n) is 6.88. The van der Waals surface area contributed by atoms with Crippen LogP contribution in [0.3, 0.4) is 0 Å². The van der Waals surface area contributed by atoms with E-state index in [9.17, 15) is 13.2 Å². The van der Waals surface area contributed by atoms with Crippen molar-refractivity contribution < 1.29 is 13.2 Å². The van der Waals surface area contributed by atoms with Gasteiger partial charge in [0.25, 0.3) is 0 Å². The molecule has 0 amide bonds. The molecule has 0 unspecified atom stereocenters. The number of anilines is 1. The van der Waals surface area contributed by atoms with E-state index in [1.807, 2.05) is 4.90 Å². The summed E-state index contributed by atoms with van der Waals surface area (Å²) in [6.45, 7) is 0.616. The number of hydrogen-bond acceptors (Lipinski definition) is 2. The molecule has 2 nitrogen and oxygen atoms in total. The van der Waals surface area contributed by atoms with E-state index in [0.717, 1.165) is 37.9 Å². The van der Waals surface area contributed by atoms with Gasteiger partial charge in [-0.2, -0.15) is 13.2 Å². The molecule has 20 heavy (non-hydrogen) atoms. The Labute approximate surface area is 121 Å². The van der Waals surface area contributed by atoms with Crippen LogP contribution in [0.2, 0.25) is 0 Å². The van der Waals surface area contributed by atoms with Crippen molar-refractivity contribution in [1.82, 2.24) is 4.98 Å². The number of nitrogens with zero attached hydrogens (tertiary/aromatic N) is 2. The molecule has 0 spiro atoms. The highest BCUT2D eigenvalue weighted by Gasteiger charge is 2.31. The summed E-state index contributed by atoms with van der Waals surface area (Å²) in [5, 5.41) is 0. The number of aromatic nitrogens is 1. The molecule has 0 N–H and O–H groups in total. The van der Waals surface area contributed by atoms with Gasteiger partial charge >= 0.3 is 6.18 Å². The van der Waals surface area contributed by atoms with E-state index in [0.29, 0.717) is 24.3 Å². The standard InChI is InChI=1S/C14H18ClF3N2/c15-8-9-20(12-4-2-1-3-5-12)13-7-6-11(10-19-13)14(16,17)18/h6-7,10,12H,1-5,8-9H2. The monoisotopic (exact) mass is 306 g/mol. The number of halogens is 4. The molecule has 1 fully saturated rings. The van der Waals surface area contributed by atoms with Crippen molar-refractivity contribution in [3.05, 3.63) is 23.9 Å². The third kappa shape index (κ3) is 3.78. The van der Waals surface area contributed by atoms with Crippen LogP contribution in [-0.4, -0.2) is 23.5 Å². The Balaban J connectivity index is 2.16. The lowest BCUT2D eigenvalue weighted by atomic mass is 9.94. The summed E-state index contributed by atoms with van der Waals surface area (Å²) in [6, 6.07) is 2.88. The van der Waals surface area contributed by atoms with Gasteiger partial charge < -0.3 is 4.90 Å². The number of rotatable bonds is 4. The summed E-state index contributed by atoms with van der Waals surface area (Å²) in [5.41, 5.74) is -0.712. The normalized spacial score (nSPS) is 17.2. The van der Waals surface area contributed by atoms with E-state index < -0.39 is 11.7 Å². The molecule has 0 aliphatic heterocycles. The molecule has 0 radical (unpaired) electrons. The Morgan fingerprint density at radius 3 is 2.40 bits per heavy atom. The van der Waals surface area contributed by atoms with Gasteiger partial charge in [0, 0.05) is 24.7 Å². The maximum Gasteiger partial charge on any atom is 0.417 e. The van der Waals surface area contributed by atoms with Gasteiger partial charge in [-0.05, 0) is 25.0 Å². The van der Waals surface area contributed by atoms with Crippen molar-refractivity contribution in [3.63, 3.8) is 0 Å². The van der Waals surface area contributed by atoms with Crippen LogP contribution in [0.1, 0.15) is 37.7 Å². The quantitative estimate of drug-likeness (QED) is 0.763. The fourth-order valence-electron chi connectivity index (χ4n) is 2.69. The zero-order valence-electron chi connectivity index (χ0n) is 11.2. The average molecular weight is 307 g/mol. The van der Waals surface area contributed by atoms with Gasteiger partial charge in [-0.15, -0.1) is 11.6 Å². The maximum atomic E-state index is 12.5. The summed E-state index contributed by atoms with van der Waals surface area (Å²) in [4.78, 5) is 6.03. The van der Waals surface area contributed by atoms with Gasteiger partial charge in [-0.1, -0.05) is 19.3 Å². The molecule has 0 atom stereocenters. The Morgan fingerprint density at radius 2 is 1.90 bits per heavy atom. The molecule has 0 saturated heterocycles. The van der Waals surface area contributed by atoms with E-state index in [4.69, 9.17) is 11.6 Å². The minimum absolute atomic E-state index is 0.340. The second kappa shape index (κ2) is 6.66. The molecule has 1 aliphatic carbocycles. The van der Waals surface area contributed by atoms with Gasteiger partial charge in [0.15, 0.2) is 0 Å².